The lowest BCUT2D eigenvalue weighted by Crippen LogP contribution is -2.02. The zero-order valence-electron chi connectivity index (χ0n) is 34.6. The lowest BCUT2D eigenvalue weighted by molar-refractivity contribution is 1.08. The predicted octanol–water partition coefficient (Wildman–Crippen LogP) is 15.0. The zero-order chi connectivity index (χ0) is 42.1. The molecule has 0 fully saturated rings. The lowest BCUT2D eigenvalue weighted by Gasteiger charge is -2.13. The molecule has 0 unspecified atom stereocenters. The Morgan fingerprint density at radius 1 is 0.250 bits per heavy atom. The van der Waals surface area contributed by atoms with Gasteiger partial charge >= 0.3 is 0 Å². The topological polar surface area (TPSA) is 48.5 Å². The van der Waals surface area contributed by atoms with Gasteiger partial charge in [-0.05, 0) is 87.3 Å². The van der Waals surface area contributed by atoms with Crippen LogP contribution in [0.4, 0.5) is 0 Å². The van der Waals surface area contributed by atoms with Crippen molar-refractivity contribution in [3.8, 4) is 56.7 Å². The number of aromatic nitrogens is 5. The third-order valence-electron chi connectivity index (χ3n) is 12.8. The Morgan fingerprint density at radius 3 is 1.41 bits per heavy atom. The molecular weight excluding hydrogens is 779 g/mol. The van der Waals surface area contributed by atoms with Gasteiger partial charge in [-0.1, -0.05) is 170 Å². The first-order valence-corrected chi connectivity index (χ1v) is 21.7. The molecule has 5 heteroatoms. The Morgan fingerprint density at radius 2 is 0.719 bits per heavy atom. The van der Waals surface area contributed by atoms with Crippen molar-refractivity contribution in [2.45, 2.75) is 0 Å². The van der Waals surface area contributed by atoms with E-state index in [0.717, 1.165) is 66.2 Å². The predicted molar refractivity (Wildman–Crippen MR) is 265 cm³/mol. The van der Waals surface area contributed by atoms with Crippen LogP contribution in [-0.2, 0) is 0 Å². The highest BCUT2D eigenvalue weighted by Crippen LogP contribution is 2.39. The van der Waals surface area contributed by atoms with E-state index in [0.29, 0.717) is 17.5 Å². The van der Waals surface area contributed by atoms with Crippen LogP contribution in [0.15, 0.2) is 224 Å². The van der Waals surface area contributed by atoms with Gasteiger partial charge in [0.1, 0.15) is 0 Å². The van der Waals surface area contributed by atoms with E-state index in [1.165, 1.54) is 38.1 Å². The number of benzene rings is 10. The molecule has 0 aliphatic rings. The van der Waals surface area contributed by atoms with Crippen molar-refractivity contribution in [1.29, 1.82) is 0 Å². The molecule has 3 heterocycles. The van der Waals surface area contributed by atoms with Gasteiger partial charge in [0, 0.05) is 49.6 Å². The van der Waals surface area contributed by atoms with Gasteiger partial charge in [-0.15, -0.1) is 0 Å². The van der Waals surface area contributed by atoms with E-state index in [1.807, 2.05) is 0 Å². The van der Waals surface area contributed by atoms with Crippen LogP contribution in [0.2, 0.25) is 0 Å². The minimum absolute atomic E-state index is 0.618. The smallest absolute Gasteiger partial charge is 0.164 e. The molecule has 0 atom stereocenters. The SMILES string of the molecule is c1ccc(-n2c3ccccc3c3cc(-c4ccc5c6ccccc6n(-c6cccc(-c7nc(-c8cccc9ccccc89)nc(-c8cccc9ccccc89)n7)c6)c5c4)ccc32)cc1. The molecule has 0 bridgehead atoms. The molecule has 0 spiro atoms. The van der Waals surface area contributed by atoms with Crippen LogP contribution < -0.4 is 0 Å². The van der Waals surface area contributed by atoms with Crippen molar-refractivity contribution in [1.82, 2.24) is 24.1 Å². The minimum Gasteiger partial charge on any atom is -0.309 e. The first-order valence-electron chi connectivity index (χ1n) is 21.7. The van der Waals surface area contributed by atoms with Crippen molar-refractivity contribution >= 4 is 65.2 Å². The second-order valence-corrected chi connectivity index (χ2v) is 16.4. The Bertz CT molecular complexity index is 3860. The molecular formula is C59H37N5. The second kappa shape index (κ2) is 14.5. The van der Waals surface area contributed by atoms with E-state index in [4.69, 9.17) is 15.0 Å². The lowest BCUT2D eigenvalue weighted by atomic mass is 10.0. The number of hydrogen-bond donors (Lipinski definition) is 0. The molecule has 0 amide bonds. The molecule has 3 aromatic heterocycles. The van der Waals surface area contributed by atoms with Gasteiger partial charge in [0.15, 0.2) is 17.5 Å². The molecule has 5 nitrogen and oxygen atoms in total. The van der Waals surface area contributed by atoms with Gasteiger partial charge in [-0.3, -0.25) is 0 Å². The maximum atomic E-state index is 5.26. The maximum absolute atomic E-state index is 5.26. The molecule has 0 aliphatic heterocycles. The third-order valence-corrected chi connectivity index (χ3v) is 12.8. The monoisotopic (exact) mass is 815 g/mol. The van der Waals surface area contributed by atoms with Crippen molar-refractivity contribution in [3.05, 3.63) is 224 Å². The first-order chi connectivity index (χ1) is 31.7. The van der Waals surface area contributed by atoms with E-state index < -0.39 is 0 Å². The summed E-state index contributed by atoms with van der Waals surface area (Å²) in [5.74, 6) is 1.90. The van der Waals surface area contributed by atoms with Gasteiger partial charge in [0.2, 0.25) is 0 Å². The number of rotatable bonds is 6. The number of hydrogen-bond acceptors (Lipinski definition) is 3. The van der Waals surface area contributed by atoms with Gasteiger partial charge in [-0.2, -0.15) is 0 Å². The Hall–Kier alpha value is -8.67. The van der Waals surface area contributed by atoms with Crippen LogP contribution in [0, 0.1) is 0 Å². The molecule has 0 saturated carbocycles. The molecule has 13 aromatic rings. The average molecular weight is 816 g/mol. The normalized spacial score (nSPS) is 11.8. The Kier molecular flexibility index (Phi) is 8.15. The third kappa shape index (κ3) is 5.75. The van der Waals surface area contributed by atoms with E-state index in [9.17, 15) is 0 Å². The van der Waals surface area contributed by atoms with Crippen molar-refractivity contribution in [2.24, 2.45) is 0 Å². The van der Waals surface area contributed by atoms with E-state index in [2.05, 4.69) is 234 Å². The number of nitrogens with zero attached hydrogens (tertiary/aromatic N) is 5. The Balaban J connectivity index is 0.989. The number of fused-ring (bicyclic) bond motifs is 8. The summed E-state index contributed by atoms with van der Waals surface area (Å²) in [4.78, 5) is 15.7. The highest BCUT2D eigenvalue weighted by Gasteiger charge is 2.19. The highest BCUT2D eigenvalue weighted by atomic mass is 15.0. The van der Waals surface area contributed by atoms with E-state index in [-0.39, 0.29) is 0 Å². The largest absolute Gasteiger partial charge is 0.309 e. The van der Waals surface area contributed by atoms with E-state index in [1.54, 1.807) is 0 Å². The average Bonchev–Trinajstić information content (AvgIpc) is 3.88. The minimum atomic E-state index is 0.618. The van der Waals surface area contributed by atoms with Crippen LogP contribution in [0.1, 0.15) is 0 Å². The van der Waals surface area contributed by atoms with Crippen LogP contribution >= 0.6 is 0 Å². The summed E-state index contributed by atoms with van der Waals surface area (Å²) >= 11 is 0. The quantitative estimate of drug-likeness (QED) is 0.168. The summed E-state index contributed by atoms with van der Waals surface area (Å²) < 4.78 is 4.75. The molecule has 298 valence electrons. The summed E-state index contributed by atoms with van der Waals surface area (Å²) in [6, 6.07) is 79.9. The van der Waals surface area contributed by atoms with E-state index >= 15 is 0 Å². The summed E-state index contributed by atoms with van der Waals surface area (Å²) in [6.45, 7) is 0. The van der Waals surface area contributed by atoms with Crippen molar-refractivity contribution in [2.75, 3.05) is 0 Å². The molecule has 10 aromatic carbocycles. The Labute approximate surface area is 368 Å². The summed E-state index contributed by atoms with van der Waals surface area (Å²) in [7, 11) is 0. The fourth-order valence-electron chi connectivity index (χ4n) is 9.81. The molecule has 13 rings (SSSR count). The van der Waals surface area contributed by atoms with Crippen molar-refractivity contribution < 1.29 is 0 Å². The van der Waals surface area contributed by atoms with Gasteiger partial charge in [0.05, 0.1) is 22.1 Å². The van der Waals surface area contributed by atoms with Crippen LogP contribution in [0.5, 0.6) is 0 Å². The van der Waals surface area contributed by atoms with Crippen LogP contribution in [0.3, 0.4) is 0 Å². The summed E-state index contributed by atoms with van der Waals surface area (Å²) in [6.07, 6.45) is 0. The molecule has 0 saturated heterocycles. The van der Waals surface area contributed by atoms with Gasteiger partial charge in [0.25, 0.3) is 0 Å². The van der Waals surface area contributed by atoms with Crippen molar-refractivity contribution in [3.63, 3.8) is 0 Å². The highest BCUT2D eigenvalue weighted by molar-refractivity contribution is 6.12. The van der Waals surface area contributed by atoms with Crippen LogP contribution in [0.25, 0.3) is 122 Å². The van der Waals surface area contributed by atoms with Gasteiger partial charge < -0.3 is 9.13 Å². The molecule has 64 heavy (non-hydrogen) atoms. The van der Waals surface area contributed by atoms with Crippen LogP contribution in [-0.4, -0.2) is 24.1 Å². The summed E-state index contributed by atoms with van der Waals surface area (Å²) in [5.41, 5.74) is 12.0. The van der Waals surface area contributed by atoms with Gasteiger partial charge in [-0.25, -0.2) is 15.0 Å². The molecule has 0 aliphatic carbocycles. The fourth-order valence-corrected chi connectivity index (χ4v) is 9.81. The second-order valence-electron chi connectivity index (χ2n) is 16.4. The number of para-hydroxylation sites is 3. The first kappa shape index (κ1) is 36.0. The standard InChI is InChI=1S/C59H37N5/c1-2-20-43(21-3-1)63-54-30-11-9-26-48(54)52-36-40(32-34-55(52)63)41-31-33-49-47-25-8-10-29-53(47)64(56(49)37-41)44-22-12-19-42(35-44)57-60-58(50-27-13-17-38-15-4-6-23-45(38)50)62-59(61-57)51-28-14-18-39-16-5-7-24-46(39)51/h1-37H. The summed E-state index contributed by atoms with van der Waals surface area (Å²) in [5, 5.41) is 9.34. The zero-order valence-corrected chi connectivity index (χ0v) is 34.6. The molecule has 0 N–H and O–H groups in total. The fraction of sp³-hybridized carbons (Fsp3) is 0. The molecule has 0 radical (unpaired) electrons. The maximum Gasteiger partial charge on any atom is 0.164 e.